The van der Waals surface area contributed by atoms with Crippen molar-refractivity contribution < 1.29 is 9.53 Å². The van der Waals surface area contributed by atoms with Gasteiger partial charge in [0.25, 0.3) is 0 Å². The Morgan fingerprint density at radius 1 is 1.56 bits per heavy atom. The van der Waals surface area contributed by atoms with Gasteiger partial charge in [0, 0.05) is 19.8 Å². The van der Waals surface area contributed by atoms with Crippen molar-refractivity contribution in [2.45, 2.75) is 39.2 Å². The van der Waals surface area contributed by atoms with Gasteiger partial charge in [-0.25, -0.2) is 0 Å². The number of carbonyl (C=O) groups is 1. The van der Waals surface area contributed by atoms with E-state index in [0.717, 1.165) is 26.2 Å². The molecule has 0 aromatic carbocycles. The lowest BCUT2D eigenvalue weighted by atomic mass is 10.0. The molecule has 16 heavy (non-hydrogen) atoms. The van der Waals surface area contributed by atoms with E-state index in [1.54, 1.807) is 6.92 Å². The number of amides is 1. The van der Waals surface area contributed by atoms with Crippen LogP contribution < -0.4 is 11.1 Å². The van der Waals surface area contributed by atoms with Crippen molar-refractivity contribution in [1.29, 1.82) is 0 Å². The molecule has 1 rings (SSSR count). The molecule has 4 nitrogen and oxygen atoms in total. The molecule has 96 valence electrons. The van der Waals surface area contributed by atoms with Crippen LogP contribution >= 0.6 is 12.4 Å². The fourth-order valence-electron chi connectivity index (χ4n) is 1.56. The zero-order valence-electron chi connectivity index (χ0n) is 10.1. The molecule has 0 heterocycles. The van der Waals surface area contributed by atoms with Gasteiger partial charge >= 0.3 is 0 Å². The van der Waals surface area contributed by atoms with E-state index in [9.17, 15) is 4.79 Å². The van der Waals surface area contributed by atoms with E-state index < -0.39 is 6.04 Å². The minimum atomic E-state index is -0.410. The fraction of sp³-hybridized carbons (Fsp3) is 0.909. The summed E-state index contributed by atoms with van der Waals surface area (Å²) in [6.07, 6.45) is 3.43. The molecule has 1 saturated carbocycles. The summed E-state index contributed by atoms with van der Waals surface area (Å²) in [6.45, 7) is 6.01. The van der Waals surface area contributed by atoms with E-state index in [2.05, 4.69) is 5.32 Å². The highest BCUT2D eigenvalue weighted by Gasteiger charge is 2.42. The normalized spacial score (nSPS) is 18.4. The van der Waals surface area contributed by atoms with E-state index in [4.69, 9.17) is 10.5 Å². The van der Waals surface area contributed by atoms with Crippen LogP contribution in [-0.4, -0.2) is 31.7 Å². The van der Waals surface area contributed by atoms with Crippen LogP contribution in [0, 0.1) is 5.41 Å². The third kappa shape index (κ3) is 5.14. The monoisotopic (exact) mass is 250 g/mol. The summed E-state index contributed by atoms with van der Waals surface area (Å²) in [5.41, 5.74) is 5.78. The molecular weight excluding hydrogens is 228 g/mol. The SMILES string of the molecule is CCOCCC1(CNC(=O)C(C)N)CC1.Cl. The van der Waals surface area contributed by atoms with Crippen LogP contribution in [0.5, 0.6) is 0 Å². The van der Waals surface area contributed by atoms with E-state index in [-0.39, 0.29) is 18.3 Å². The average molecular weight is 251 g/mol. The number of nitrogens with one attached hydrogen (secondary N) is 1. The third-order valence-electron chi connectivity index (χ3n) is 2.99. The van der Waals surface area contributed by atoms with Crippen molar-refractivity contribution in [3.63, 3.8) is 0 Å². The molecule has 0 aromatic rings. The predicted molar refractivity (Wildman–Crippen MR) is 66.7 cm³/mol. The molecule has 0 spiro atoms. The van der Waals surface area contributed by atoms with Crippen LogP contribution in [0.1, 0.15) is 33.1 Å². The summed E-state index contributed by atoms with van der Waals surface area (Å²) in [5, 5.41) is 2.89. The van der Waals surface area contributed by atoms with Gasteiger partial charge in [-0.2, -0.15) is 0 Å². The summed E-state index contributed by atoms with van der Waals surface area (Å²) < 4.78 is 5.33. The van der Waals surface area contributed by atoms with Crippen molar-refractivity contribution in [3.8, 4) is 0 Å². The first-order chi connectivity index (χ1) is 7.09. The quantitative estimate of drug-likeness (QED) is 0.665. The Hall–Kier alpha value is -0.320. The molecule has 3 N–H and O–H groups in total. The maximum Gasteiger partial charge on any atom is 0.236 e. The Labute approximate surface area is 104 Å². The highest BCUT2D eigenvalue weighted by Crippen LogP contribution is 2.48. The average Bonchev–Trinajstić information content (AvgIpc) is 2.95. The van der Waals surface area contributed by atoms with Crippen LogP contribution in [0.4, 0.5) is 0 Å². The number of halogens is 1. The van der Waals surface area contributed by atoms with Crippen LogP contribution in [-0.2, 0) is 9.53 Å². The molecule has 0 radical (unpaired) electrons. The number of hydrogen-bond acceptors (Lipinski definition) is 3. The number of nitrogens with two attached hydrogens (primary N) is 1. The Morgan fingerprint density at radius 3 is 2.62 bits per heavy atom. The summed E-state index contributed by atoms with van der Waals surface area (Å²) in [4.78, 5) is 11.3. The molecule has 0 aromatic heterocycles. The highest BCUT2D eigenvalue weighted by molar-refractivity contribution is 5.85. The van der Waals surface area contributed by atoms with Crippen molar-refractivity contribution in [2.24, 2.45) is 11.1 Å². The Kier molecular flexibility index (Phi) is 6.95. The number of ether oxygens (including phenoxy) is 1. The van der Waals surface area contributed by atoms with Crippen molar-refractivity contribution in [2.75, 3.05) is 19.8 Å². The zero-order valence-corrected chi connectivity index (χ0v) is 10.9. The molecule has 1 amide bonds. The van der Waals surface area contributed by atoms with Gasteiger partial charge in [-0.1, -0.05) is 0 Å². The van der Waals surface area contributed by atoms with Gasteiger partial charge in [-0.15, -0.1) is 12.4 Å². The van der Waals surface area contributed by atoms with Gasteiger partial charge in [0.05, 0.1) is 6.04 Å². The van der Waals surface area contributed by atoms with Gasteiger partial charge in [0.15, 0.2) is 0 Å². The molecule has 0 saturated heterocycles. The number of hydrogen-bond donors (Lipinski definition) is 2. The standard InChI is InChI=1S/C11H22N2O2.ClH/c1-3-15-7-6-11(4-5-11)8-13-10(14)9(2)12;/h9H,3-8,12H2,1-2H3,(H,13,14);1H. The van der Waals surface area contributed by atoms with Gasteiger partial charge in [0.1, 0.15) is 0 Å². The first-order valence-electron chi connectivity index (χ1n) is 5.71. The van der Waals surface area contributed by atoms with Gasteiger partial charge in [-0.3, -0.25) is 4.79 Å². The Bertz CT molecular complexity index is 218. The van der Waals surface area contributed by atoms with Crippen LogP contribution in [0.15, 0.2) is 0 Å². The maximum absolute atomic E-state index is 11.3. The van der Waals surface area contributed by atoms with E-state index in [1.807, 2.05) is 6.92 Å². The maximum atomic E-state index is 11.3. The number of rotatable bonds is 7. The Morgan fingerprint density at radius 2 is 2.19 bits per heavy atom. The minimum Gasteiger partial charge on any atom is -0.382 e. The minimum absolute atomic E-state index is 0. The molecule has 1 atom stereocenters. The van der Waals surface area contributed by atoms with Gasteiger partial charge in [-0.05, 0) is 38.5 Å². The van der Waals surface area contributed by atoms with E-state index in [1.165, 1.54) is 12.8 Å². The predicted octanol–water partition coefficient (Wildman–Crippen LogP) is 1.08. The molecule has 1 aliphatic rings. The second-order valence-electron chi connectivity index (χ2n) is 4.45. The number of carbonyl (C=O) groups excluding carboxylic acids is 1. The second kappa shape index (κ2) is 7.09. The van der Waals surface area contributed by atoms with Crippen molar-refractivity contribution in [1.82, 2.24) is 5.32 Å². The third-order valence-corrected chi connectivity index (χ3v) is 2.99. The summed E-state index contributed by atoms with van der Waals surface area (Å²) in [7, 11) is 0. The van der Waals surface area contributed by atoms with E-state index >= 15 is 0 Å². The van der Waals surface area contributed by atoms with E-state index in [0.29, 0.717) is 5.41 Å². The topological polar surface area (TPSA) is 64.3 Å². The molecule has 1 unspecified atom stereocenters. The molecule has 1 fully saturated rings. The van der Waals surface area contributed by atoms with Crippen LogP contribution in [0.25, 0.3) is 0 Å². The highest BCUT2D eigenvalue weighted by atomic mass is 35.5. The molecule has 5 heteroatoms. The molecular formula is C11H23ClN2O2. The van der Waals surface area contributed by atoms with Gasteiger partial charge in [0.2, 0.25) is 5.91 Å². The van der Waals surface area contributed by atoms with Crippen molar-refractivity contribution in [3.05, 3.63) is 0 Å². The first-order valence-corrected chi connectivity index (χ1v) is 5.71. The fourth-order valence-corrected chi connectivity index (χ4v) is 1.56. The summed E-state index contributed by atoms with van der Waals surface area (Å²) in [6, 6.07) is -0.410. The molecule has 0 bridgehead atoms. The van der Waals surface area contributed by atoms with Crippen molar-refractivity contribution >= 4 is 18.3 Å². The summed E-state index contributed by atoms with van der Waals surface area (Å²) in [5.74, 6) is -0.0577. The van der Waals surface area contributed by atoms with Crippen LogP contribution in [0.3, 0.4) is 0 Å². The second-order valence-corrected chi connectivity index (χ2v) is 4.45. The smallest absolute Gasteiger partial charge is 0.236 e. The lowest BCUT2D eigenvalue weighted by Gasteiger charge is -2.16. The molecule has 0 aliphatic heterocycles. The van der Waals surface area contributed by atoms with Crippen LogP contribution in [0.2, 0.25) is 0 Å². The largest absolute Gasteiger partial charge is 0.382 e. The summed E-state index contributed by atoms with van der Waals surface area (Å²) >= 11 is 0. The lowest BCUT2D eigenvalue weighted by Crippen LogP contribution is -2.41. The lowest BCUT2D eigenvalue weighted by molar-refractivity contribution is -0.122. The van der Waals surface area contributed by atoms with Gasteiger partial charge < -0.3 is 15.8 Å². The first kappa shape index (κ1) is 15.7. The Balaban J connectivity index is 0.00000225. The zero-order chi connectivity index (χ0) is 11.3. The molecule has 1 aliphatic carbocycles.